The van der Waals surface area contributed by atoms with Gasteiger partial charge in [-0.1, -0.05) is 24.6 Å². The van der Waals surface area contributed by atoms with E-state index >= 15 is 0 Å². The average molecular weight is 508 g/mol. The Labute approximate surface area is 203 Å². The van der Waals surface area contributed by atoms with E-state index in [0.29, 0.717) is 47.1 Å². The highest BCUT2D eigenvalue weighted by Crippen LogP contribution is 2.37. The van der Waals surface area contributed by atoms with Crippen molar-refractivity contribution in [3.63, 3.8) is 0 Å². The zero-order valence-electron chi connectivity index (χ0n) is 19.3. The van der Waals surface area contributed by atoms with E-state index in [1.165, 1.54) is 12.4 Å². The molecule has 3 aromatic rings. The van der Waals surface area contributed by atoms with Crippen molar-refractivity contribution in [2.24, 2.45) is 0 Å². The van der Waals surface area contributed by atoms with Crippen molar-refractivity contribution >= 4 is 21.4 Å². The van der Waals surface area contributed by atoms with Crippen LogP contribution in [-0.2, 0) is 20.3 Å². The number of sulfone groups is 1. The van der Waals surface area contributed by atoms with Crippen LogP contribution >= 0.6 is 11.6 Å². The standard InChI is InChI=1S/C22H26ClN5O5S/c1-13(21-24-8-16(23)9-25-21)14(2)34(29,30)12-19-26-27-22(15-10-33-11-15)28(19)20-17(31-3)6-5-7-18(20)32-4/h5-9,13-15H,10-12H2,1-4H3/t13-,14-/m0/s1. The van der Waals surface area contributed by atoms with E-state index in [0.717, 1.165) is 0 Å². The summed E-state index contributed by atoms with van der Waals surface area (Å²) in [5.41, 5.74) is 0.548. The zero-order chi connectivity index (χ0) is 24.5. The Balaban J connectivity index is 1.74. The fourth-order valence-corrected chi connectivity index (χ4v) is 5.41. The Kier molecular flexibility index (Phi) is 7.06. The second-order valence-corrected chi connectivity index (χ2v) is 10.9. The number of rotatable bonds is 9. The molecule has 4 rings (SSSR count). The van der Waals surface area contributed by atoms with E-state index in [1.54, 1.807) is 50.8 Å². The fraction of sp³-hybridized carbons (Fsp3) is 0.455. The number of ether oxygens (including phenoxy) is 3. The van der Waals surface area contributed by atoms with E-state index in [1.807, 2.05) is 0 Å². The number of hydrogen-bond donors (Lipinski definition) is 0. The predicted molar refractivity (Wildman–Crippen MR) is 126 cm³/mol. The van der Waals surface area contributed by atoms with Crippen molar-refractivity contribution in [1.29, 1.82) is 0 Å². The number of hydrogen-bond acceptors (Lipinski definition) is 9. The lowest BCUT2D eigenvalue weighted by molar-refractivity contribution is 0.00408. The van der Waals surface area contributed by atoms with Gasteiger partial charge < -0.3 is 14.2 Å². The van der Waals surface area contributed by atoms with Gasteiger partial charge in [0.05, 0.1) is 43.6 Å². The van der Waals surface area contributed by atoms with Gasteiger partial charge in [-0.25, -0.2) is 18.4 Å². The van der Waals surface area contributed by atoms with Crippen LogP contribution < -0.4 is 9.47 Å². The maximum Gasteiger partial charge on any atom is 0.160 e. The second kappa shape index (κ2) is 9.85. The Hall–Kier alpha value is -2.76. The van der Waals surface area contributed by atoms with Gasteiger partial charge in [0.15, 0.2) is 15.7 Å². The second-order valence-electron chi connectivity index (χ2n) is 8.12. The summed E-state index contributed by atoms with van der Waals surface area (Å²) in [5.74, 6) is 1.47. The SMILES string of the molecule is COc1cccc(OC)c1-n1c(CS(=O)(=O)[C@@H](C)[C@H](C)c2ncc(Cl)cn2)nnc1C1COC1. The number of para-hydroxylation sites is 1. The van der Waals surface area contributed by atoms with Crippen molar-refractivity contribution in [1.82, 2.24) is 24.7 Å². The molecule has 0 amide bonds. The normalized spacial score (nSPS) is 16.0. The molecule has 0 N–H and O–H groups in total. The van der Waals surface area contributed by atoms with Crippen molar-refractivity contribution in [2.75, 3.05) is 27.4 Å². The Bertz CT molecular complexity index is 1240. The molecular weight excluding hydrogens is 482 g/mol. The Morgan fingerprint density at radius 3 is 2.26 bits per heavy atom. The molecule has 0 saturated carbocycles. The van der Waals surface area contributed by atoms with Gasteiger partial charge in [-0.2, -0.15) is 0 Å². The molecule has 34 heavy (non-hydrogen) atoms. The number of nitrogens with zero attached hydrogens (tertiary/aromatic N) is 5. The first-order chi connectivity index (χ1) is 16.3. The summed E-state index contributed by atoms with van der Waals surface area (Å²) in [4.78, 5) is 8.38. The van der Waals surface area contributed by atoms with Gasteiger partial charge in [0.1, 0.15) is 34.6 Å². The third kappa shape index (κ3) is 4.59. The molecule has 1 aliphatic rings. The molecule has 3 heterocycles. The lowest BCUT2D eigenvalue weighted by Gasteiger charge is -2.27. The number of aromatic nitrogens is 5. The Morgan fingerprint density at radius 1 is 1.12 bits per heavy atom. The third-order valence-electron chi connectivity index (χ3n) is 6.03. The first-order valence-electron chi connectivity index (χ1n) is 10.7. The molecule has 1 fully saturated rings. The molecule has 1 aliphatic heterocycles. The average Bonchev–Trinajstić information content (AvgIpc) is 3.18. The van der Waals surface area contributed by atoms with Gasteiger partial charge in [-0.05, 0) is 19.1 Å². The van der Waals surface area contributed by atoms with Gasteiger partial charge in [-0.15, -0.1) is 10.2 Å². The minimum absolute atomic E-state index is 0.0163. The van der Waals surface area contributed by atoms with Crippen LogP contribution in [0.15, 0.2) is 30.6 Å². The topological polar surface area (TPSA) is 118 Å². The molecule has 10 nitrogen and oxygen atoms in total. The van der Waals surface area contributed by atoms with Crippen LogP contribution in [0.3, 0.4) is 0 Å². The number of halogens is 1. The van der Waals surface area contributed by atoms with E-state index in [2.05, 4.69) is 20.2 Å². The summed E-state index contributed by atoms with van der Waals surface area (Å²) in [6, 6.07) is 5.35. The molecule has 0 radical (unpaired) electrons. The molecule has 0 spiro atoms. The van der Waals surface area contributed by atoms with Crippen LogP contribution in [-0.4, -0.2) is 65.8 Å². The highest BCUT2D eigenvalue weighted by atomic mass is 35.5. The number of methoxy groups -OCH3 is 2. The van der Waals surface area contributed by atoms with Crippen LogP contribution in [0.5, 0.6) is 11.5 Å². The summed E-state index contributed by atoms with van der Waals surface area (Å²) in [5, 5.41) is 8.22. The molecule has 0 aliphatic carbocycles. The Morgan fingerprint density at radius 2 is 1.74 bits per heavy atom. The van der Waals surface area contributed by atoms with Gasteiger partial charge in [0.2, 0.25) is 0 Å². The van der Waals surface area contributed by atoms with Gasteiger partial charge >= 0.3 is 0 Å². The van der Waals surface area contributed by atoms with Crippen molar-refractivity contribution in [3.05, 3.63) is 53.1 Å². The molecule has 0 bridgehead atoms. The van der Waals surface area contributed by atoms with Crippen LogP contribution in [0.1, 0.15) is 43.2 Å². The maximum atomic E-state index is 13.5. The fourth-order valence-electron chi connectivity index (χ4n) is 3.76. The van der Waals surface area contributed by atoms with Crippen LogP contribution in [0, 0.1) is 0 Å². The van der Waals surface area contributed by atoms with E-state index in [9.17, 15) is 8.42 Å². The molecule has 2 aromatic heterocycles. The lowest BCUT2D eigenvalue weighted by atomic mass is 10.1. The zero-order valence-corrected chi connectivity index (χ0v) is 20.9. The summed E-state index contributed by atoms with van der Waals surface area (Å²) >= 11 is 5.87. The first kappa shape index (κ1) is 24.4. The molecule has 2 atom stereocenters. The van der Waals surface area contributed by atoms with Gasteiger partial charge in [0.25, 0.3) is 0 Å². The highest BCUT2D eigenvalue weighted by molar-refractivity contribution is 7.91. The highest BCUT2D eigenvalue weighted by Gasteiger charge is 2.35. The van der Waals surface area contributed by atoms with Crippen molar-refractivity contribution in [2.45, 2.75) is 36.7 Å². The number of benzene rings is 1. The molecule has 0 unspecified atom stereocenters. The summed E-state index contributed by atoms with van der Waals surface area (Å²) in [7, 11) is -0.605. The third-order valence-corrected chi connectivity index (χ3v) is 8.43. The monoisotopic (exact) mass is 507 g/mol. The smallest absolute Gasteiger partial charge is 0.160 e. The van der Waals surface area contributed by atoms with E-state index in [4.69, 9.17) is 25.8 Å². The largest absolute Gasteiger partial charge is 0.494 e. The molecule has 12 heteroatoms. The van der Waals surface area contributed by atoms with Crippen LogP contribution in [0.4, 0.5) is 0 Å². The van der Waals surface area contributed by atoms with Crippen molar-refractivity contribution in [3.8, 4) is 17.2 Å². The molecule has 1 saturated heterocycles. The lowest BCUT2D eigenvalue weighted by Crippen LogP contribution is -2.29. The summed E-state index contributed by atoms with van der Waals surface area (Å²) in [6.45, 7) is 4.37. The van der Waals surface area contributed by atoms with Crippen LogP contribution in [0.25, 0.3) is 5.69 Å². The first-order valence-corrected chi connectivity index (χ1v) is 12.8. The predicted octanol–water partition coefficient (Wildman–Crippen LogP) is 2.95. The van der Waals surface area contributed by atoms with Gasteiger partial charge in [0, 0.05) is 18.3 Å². The van der Waals surface area contributed by atoms with E-state index < -0.39 is 21.0 Å². The maximum absolute atomic E-state index is 13.5. The summed E-state index contributed by atoms with van der Waals surface area (Å²) in [6.07, 6.45) is 2.91. The van der Waals surface area contributed by atoms with Gasteiger partial charge in [-0.3, -0.25) is 4.57 Å². The molecular formula is C22H26ClN5O5S. The van der Waals surface area contributed by atoms with Crippen molar-refractivity contribution < 1.29 is 22.6 Å². The molecule has 1 aromatic carbocycles. The van der Waals surface area contributed by atoms with Crippen LogP contribution in [0.2, 0.25) is 5.02 Å². The quantitative estimate of drug-likeness (QED) is 0.430. The minimum atomic E-state index is -3.69. The minimum Gasteiger partial charge on any atom is -0.494 e. The molecule has 182 valence electrons. The van der Waals surface area contributed by atoms with E-state index in [-0.39, 0.29) is 17.5 Å². The summed E-state index contributed by atoms with van der Waals surface area (Å²) < 4.78 is 45.2.